The predicted octanol–water partition coefficient (Wildman–Crippen LogP) is 3.44. The van der Waals surface area contributed by atoms with Crippen LogP contribution in [0.3, 0.4) is 0 Å². The predicted molar refractivity (Wildman–Crippen MR) is 122 cm³/mol. The molecule has 0 spiro atoms. The number of hydrogen-bond acceptors (Lipinski definition) is 5. The summed E-state index contributed by atoms with van der Waals surface area (Å²) in [5.41, 5.74) is 1.63. The maximum atomic E-state index is 13.1. The lowest BCUT2D eigenvalue weighted by atomic mass is 10.2. The molecule has 1 unspecified atom stereocenters. The molecular formula is C23H23N5O3S. The van der Waals surface area contributed by atoms with Crippen molar-refractivity contribution in [3.63, 3.8) is 0 Å². The maximum Gasteiger partial charge on any atom is 0.264 e. The summed E-state index contributed by atoms with van der Waals surface area (Å²) in [5, 5.41) is 11.1. The Bertz CT molecular complexity index is 1340. The molecule has 4 aromatic rings. The zero-order chi connectivity index (χ0) is 22.7. The van der Waals surface area contributed by atoms with Crippen molar-refractivity contribution < 1.29 is 13.2 Å². The molecule has 8 nitrogen and oxygen atoms in total. The maximum absolute atomic E-state index is 13.1. The van der Waals surface area contributed by atoms with Gasteiger partial charge in [0.2, 0.25) is 0 Å². The molecule has 2 aromatic heterocycles. The van der Waals surface area contributed by atoms with Gasteiger partial charge in [-0.15, -0.1) is 10.2 Å². The summed E-state index contributed by atoms with van der Waals surface area (Å²) in [6, 6.07) is 20.0. The Labute approximate surface area is 186 Å². The van der Waals surface area contributed by atoms with Crippen molar-refractivity contribution in [2.24, 2.45) is 0 Å². The SMILES string of the molecule is CCN(c1ccccc1)S(=O)(=O)c1ccc(C(=O)NC(C)c2nnc3ccccn23)cc1. The second-order valence-electron chi connectivity index (χ2n) is 7.21. The Balaban J connectivity index is 1.52. The van der Waals surface area contributed by atoms with Crippen molar-refractivity contribution in [3.8, 4) is 0 Å². The number of carbonyl (C=O) groups is 1. The number of sulfonamides is 1. The van der Waals surface area contributed by atoms with E-state index in [-0.39, 0.29) is 10.8 Å². The molecule has 1 atom stereocenters. The number of para-hydroxylation sites is 1. The number of pyridine rings is 1. The highest BCUT2D eigenvalue weighted by atomic mass is 32.2. The number of nitrogens with one attached hydrogen (secondary N) is 1. The van der Waals surface area contributed by atoms with Crippen LogP contribution in [-0.2, 0) is 10.0 Å². The molecular weight excluding hydrogens is 426 g/mol. The first kappa shape index (κ1) is 21.5. The molecule has 32 heavy (non-hydrogen) atoms. The van der Waals surface area contributed by atoms with Gasteiger partial charge in [-0.3, -0.25) is 13.5 Å². The lowest BCUT2D eigenvalue weighted by molar-refractivity contribution is 0.0938. The number of nitrogens with zero attached hydrogens (tertiary/aromatic N) is 4. The number of benzene rings is 2. The highest BCUT2D eigenvalue weighted by Gasteiger charge is 2.24. The third-order valence-corrected chi connectivity index (χ3v) is 7.03. The molecule has 1 amide bonds. The van der Waals surface area contributed by atoms with Gasteiger partial charge in [-0.2, -0.15) is 0 Å². The number of rotatable bonds is 7. The van der Waals surface area contributed by atoms with Gasteiger partial charge in [-0.1, -0.05) is 24.3 Å². The Morgan fingerprint density at radius 1 is 1.00 bits per heavy atom. The van der Waals surface area contributed by atoms with E-state index >= 15 is 0 Å². The van der Waals surface area contributed by atoms with Gasteiger partial charge in [-0.05, 0) is 62.4 Å². The number of aromatic nitrogens is 3. The van der Waals surface area contributed by atoms with Gasteiger partial charge in [0.15, 0.2) is 11.5 Å². The van der Waals surface area contributed by atoms with E-state index in [1.807, 2.05) is 41.8 Å². The minimum Gasteiger partial charge on any atom is -0.342 e. The third-order valence-electron chi connectivity index (χ3n) is 5.11. The van der Waals surface area contributed by atoms with E-state index in [1.165, 1.54) is 28.6 Å². The summed E-state index contributed by atoms with van der Waals surface area (Å²) in [5.74, 6) is 0.277. The molecule has 2 aromatic carbocycles. The van der Waals surface area contributed by atoms with Crippen molar-refractivity contribution in [1.29, 1.82) is 0 Å². The minimum absolute atomic E-state index is 0.122. The standard InChI is InChI=1S/C23H23N5O3S/c1-3-28(19-9-5-4-6-10-19)32(30,31)20-14-12-18(13-15-20)23(29)24-17(2)22-26-25-21-11-7-8-16-27(21)22/h4-17H,3H2,1-2H3,(H,24,29). The van der Waals surface area contributed by atoms with E-state index in [9.17, 15) is 13.2 Å². The van der Waals surface area contributed by atoms with Crippen LogP contribution in [-0.4, -0.2) is 35.5 Å². The van der Waals surface area contributed by atoms with Crippen LogP contribution >= 0.6 is 0 Å². The Kier molecular flexibility index (Phi) is 5.91. The monoisotopic (exact) mass is 449 g/mol. The van der Waals surface area contributed by atoms with Crippen LogP contribution in [0.15, 0.2) is 83.9 Å². The van der Waals surface area contributed by atoms with Crippen LogP contribution in [0.25, 0.3) is 5.65 Å². The van der Waals surface area contributed by atoms with Crippen molar-refractivity contribution in [2.75, 3.05) is 10.8 Å². The van der Waals surface area contributed by atoms with Gasteiger partial charge in [0, 0.05) is 18.3 Å². The van der Waals surface area contributed by atoms with Crippen LogP contribution in [0.1, 0.15) is 36.1 Å². The van der Waals surface area contributed by atoms with Crippen molar-refractivity contribution in [2.45, 2.75) is 24.8 Å². The van der Waals surface area contributed by atoms with E-state index in [1.54, 1.807) is 31.2 Å². The zero-order valence-electron chi connectivity index (χ0n) is 17.7. The molecule has 9 heteroatoms. The molecule has 164 valence electrons. The molecule has 4 rings (SSSR count). The molecule has 0 radical (unpaired) electrons. The lowest BCUT2D eigenvalue weighted by Gasteiger charge is -2.23. The third kappa shape index (κ3) is 4.06. The number of carbonyl (C=O) groups excluding carboxylic acids is 1. The fourth-order valence-electron chi connectivity index (χ4n) is 3.49. The fourth-order valence-corrected chi connectivity index (χ4v) is 4.96. The molecule has 0 aliphatic carbocycles. The summed E-state index contributed by atoms with van der Waals surface area (Å²) in [6.45, 7) is 3.89. The largest absolute Gasteiger partial charge is 0.342 e. The van der Waals surface area contributed by atoms with E-state index in [0.717, 1.165) is 0 Å². The van der Waals surface area contributed by atoms with Gasteiger partial charge in [0.05, 0.1) is 16.6 Å². The summed E-state index contributed by atoms with van der Waals surface area (Å²) < 4.78 is 29.4. The lowest BCUT2D eigenvalue weighted by Crippen LogP contribution is -2.31. The zero-order valence-corrected chi connectivity index (χ0v) is 18.5. The van der Waals surface area contributed by atoms with Gasteiger partial charge in [0.1, 0.15) is 0 Å². The first-order valence-corrected chi connectivity index (χ1v) is 11.6. The van der Waals surface area contributed by atoms with E-state index in [0.29, 0.717) is 29.3 Å². The first-order valence-electron chi connectivity index (χ1n) is 10.2. The van der Waals surface area contributed by atoms with Crippen LogP contribution in [0.5, 0.6) is 0 Å². The average Bonchev–Trinajstić information content (AvgIpc) is 3.24. The normalized spacial score (nSPS) is 12.4. The van der Waals surface area contributed by atoms with Gasteiger partial charge < -0.3 is 5.32 Å². The highest BCUT2D eigenvalue weighted by molar-refractivity contribution is 7.92. The van der Waals surface area contributed by atoms with Crippen LogP contribution in [0, 0.1) is 0 Å². The summed E-state index contributed by atoms with van der Waals surface area (Å²) >= 11 is 0. The minimum atomic E-state index is -3.75. The first-order chi connectivity index (χ1) is 15.4. The van der Waals surface area contributed by atoms with Crippen LogP contribution in [0.2, 0.25) is 0 Å². The fraction of sp³-hybridized carbons (Fsp3) is 0.174. The average molecular weight is 450 g/mol. The van der Waals surface area contributed by atoms with Crippen molar-refractivity contribution >= 4 is 27.3 Å². The smallest absolute Gasteiger partial charge is 0.264 e. The Hall–Kier alpha value is -3.72. The summed E-state index contributed by atoms with van der Waals surface area (Å²) in [7, 11) is -3.75. The van der Waals surface area contributed by atoms with E-state index in [4.69, 9.17) is 0 Å². The van der Waals surface area contributed by atoms with E-state index < -0.39 is 16.1 Å². The summed E-state index contributed by atoms with van der Waals surface area (Å²) in [6.07, 6.45) is 1.83. The van der Waals surface area contributed by atoms with Crippen LogP contribution in [0.4, 0.5) is 5.69 Å². The van der Waals surface area contributed by atoms with Gasteiger partial charge in [-0.25, -0.2) is 8.42 Å². The second-order valence-corrected chi connectivity index (χ2v) is 9.07. The van der Waals surface area contributed by atoms with Gasteiger partial charge in [0.25, 0.3) is 15.9 Å². The van der Waals surface area contributed by atoms with Gasteiger partial charge >= 0.3 is 0 Å². The molecule has 0 aliphatic heterocycles. The van der Waals surface area contributed by atoms with Crippen molar-refractivity contribution in [3.05, 3.63) is 90.4 Å². The molecule has 1 N–H and O–H groups in total. The summed E-state index contributed by atoms with van der Waals surface area (Å²) in [4.78, 5) is 12.9. The Morgan fingerprint density at radius 3 is 2.38 bits per heavy atom. The van der Waals surface area contributed by atoms with Crippen LogP contribution < -0.4 is 9.62 Å². The number of hydrogen-bond donors (Lipinski definition) is 1. The molecule has 0 bridgehead atoms. The number of amides is 1. The topological polar surface area (TPSA) is 96.7 Å². The molecule has 0 saturated heterocycles. The van der Waals surface area contributed by atoms with Crippen molar-refractivity contribution in [1.82, 2.24) is 19.9 Å². The van der Waals surface area contributed by atoms with E-state index in [2.05, 4.69) is 15.5 Å². The highest BCUT2D eigenvalue weighted by Crippen LogP contribution is 2.23. The molecule has 0 saturated carbocycles. The Morgan fingerprint density at radius 2 is 1.69 bits per heavy atom. The second kappa shape index (κ2) is 8.80. The quantitative estimate of drug-likeness (QED) is 0.466. The molecule has 2 heterocycles. The number of anilines is 1. The number of fused-ring (bicyclic) bond motifs is 1. The molecule has 0 aliphatic rings. The molecule has 0 fully saturated rings.